The summed E-state index contributed by atoms with van der Waals surface area (Å²) in [5.74, 6) is -0.799. The minimum Gasteiger partial charge on any atom is -0.349 e. The van der Waals surface area contributed by atoms with Crippen LogP contribution < -0.4 is 10.6 Å². The Bertz CT molecular complexity index is 1090. The first-order chi connectivity index (χ1) is 16.0. The number of rotatable bonds is 7. The molecule has 0 heterocycles. The number of carbonyl (C=O) groups excluding carboxylic acids is 2. The average Bonchev–Trinajstić information content (AvgIpc) is 2.72. The van der Waals surface area contributed by atoms with Crippen molar-refractivity contribution in [3.05, 3.63) is 63.1 Å². The van der Waals surface area contributed by atoms with Crippen molar-refractivity contribution >= 4 is 45.2 Å². The fraction of sp³-hybridized carbons (Fsp3) is 0.364. The smallest absolute Gasteiger partial charge is 0.349 e. The van der Waals surface area contributed by atoms with Crippen LogP contribution in [0.1, 0.15) is 38.8 Å². The number of amides is 2. The van der Waals surface area contributed by atoms with Gasteiger partial charge in [-0.15, -0.1) is 0 Å². The summed E-state index contributed by atoms with van der Waals surface area (Å²) in [6.45, 7) is 2.88. The van der Waals surface area contributed by atoms with Gasteiger partial charge in [0, 0.05) is 27.5 Å². The zero-order valence-electron chi connectivity index (χ0n) is 18.5. The highest BCUT2D eigenvalue weighted by Crippen LogP contribution is 2.53. The van der Waals surface area contributed by atoms with Gasteiger partial charge in [-0.2, -0.15) is 38.1 Å². The molecule has 2 aromatic carbocycles. The van der Waals surface area contributed by atoms with Crippen LogP contribution in [0.3, 0.4) is 0 Å². The fourth-order valence-electron chi connectivity index (χ4n) is 3.23. The molecule has 2 amide bonds. The second-order valence-electron chi connectivity index (χ2n) is 7.63. The number of hydrogen-bond donors (Lipinski definition) is 2. The molecule has 0 aliphatic carbocycles. The van der Waals surface area contributed by atoms with E-state index in [1.165, 1.54) is 30.0 Å². The molecule has 1 atom stereocenters. The minimum atomic E-state index is -6.26. The molecule has 0 bridgehead atoms. The zero-order valence-corrected chi connectivity index (χ0v) is 20.9. The zero-order chi connectivity index (χ0) is 26.8. The molecule has 0 fully saturated rings. The molecule has 2 rings (SSSR count). The van der Waals surface area contributed by atoms with Crippen molar-refractivity contribution in [1.29, 1.82) is 0 Å². The van der Waals surface area contributed by atoms with Gasteiger partial charge in [-0.05, 0) is 59.8 Å². The van der Waals surface area contributed by atoms with Crippen LogP contribution in [-0.2, 0) is 5.67 Å². The van der Waals surface area contributed by atoms with Gasteiger partial charge in [0.2, 0.25) is 0 Å². The Labute approximate surface area is 209 Å². The average molecular weight is 589 g/mol. The summed E-state index contributed by atoms with van der Waals surface area (Å²) < 4.78 is 92.9. The number of hydrogen-bond acceptors (Lipinski definition) is 3. The lowest BCUT2D eigenvalue weighted by atomic mass is 9.92. The summed E-state index contributed by atoms with van der Waals surface area (Å²) in [4.78, 5) is 25.7. The Morgan fingerprint density at radius 2 is 1.60 bits per heavy atom. The largest absolute Gasteiger partial charge is 0.435 e. The minimum absolute atomic E-state index is 0.0101. The van der Waals surface area contributed by atoms with E-state index >= 15 is 0 Å². The lowest BCUT2D eigenvalue weighted by Crippen LogP contribution is -2.50. The predicted octanol–water partition coefficient (Wildman–Crippen LogP) is 6.78. The van der Waals surface area contributed by atoms with Crippen LogP contribution in [0, 0.1) is 6.92 Å². The molecule has 13 heteroatoms. The van der Waals surface area contributed by atoms with Crippen LogP contribution in [-0.4, -0.2) is 42.2 Å². The SMILES string of the molecule is CSCC(C)NC(=O)c1c(Br)cccc1C(=O)Nc1ccc(C(F)(C(F)(F)F)C(F)(F)F)cc1C. The molecule has 0 spiro atoms. The highest BCUT2D eigenvalue weighted by Gasteiger charge is 2.73. The number of nitrogens with one attached hydrogen (secondary N) is 2. The third kappa shape index (κ3) is 6.11. The molecule has 2 aromatic rings. The quantitative estimate of drug-likeness (QED) is 0.350. The van der Waals surface area contributed by atoms with E-state index in [-0.39, 0.29) is 28.4 Å². The first kappa shape index (κ1) is 29.0. The Morgan fingerprint density at radius 1 is 1.00 bits per heavy atom. The van der Waals surface area contributed by atoms with Gasteiger partial charge in [0.15, 0.2) is 0 Å². The van der Waals surface area contributed by atoms with E-state index in [2.05, 4.69) is 26.6 Å². The highest BCUT2D eigenvalue weighted by molar-refractivity contribution is 9.10. The van der Waals surface area contributed by atoms with Crippen molar-refractivity contribution in [2.24, 2.45) is 0 Å². The van der Waals surface area contributed by atoms with Crippen LogP contribution in [0.5, 0.6) is 0 Å². The van der Waals surface area contributed by atoms with Gasteiger partial charge in [-0.3, -0.25) is 9.59 Å². The molecule has 0 saturated carbocycles. The van der Waals surface area contributed by atoms with E-state index in [1.54, 1.807) is 6.92 Å². The van der Waals surface area contributed by atoms with E-state index in [0.29, 0.717) is 22.4 Å². The van der Waals surface area contributed by atoms with Crippen LogP contribution in [0.4, 0.5) is 36.4 Å². The molecule has 1 unspecified atom stereocenters. The molecular weight excluding hydrogens is 569 g/mol. The van der Waals surface area contributed by atoms with Crippen LogP contribution in [0.15, 0.2) is 40.9 Å². The molecule has 0 saturated heterocycles. The molecular formula is C22H20BrF7N2O2S. The lowest BCUT2D eigenvalue weighted by molar-refractivity contribution is -0.348. The van der Waals surface area contributed by atoms with E-state index in [0.717, 1.165) is 13.0 Å². The monoisotopic (exact) mass is 588 g/mol. The summed E-state index contributed by atoms with van der Waals surface area (Å²) in [6.07, 6.45) is -10.7. The van der Waals surface area contributed by atoms with E-state index in [4.69, 9.17) is 0 Å². The Balaban J connectivity index is 2.41. The third-order valence-corrected chi connectivity index (χ3v) is 6.43. The number of benzene rings is 2. The lowest BCUT2D eigenvalue weighted by Gasteiger charge is -2.30. The molecule has 35 heavy (non-hydrogen) atoms. The van der Waals surface area contributed by atoms with Crippen molar-refractivity contribution in [1.82, 2.24) is 5.32 Å². The predicted molar refractivity (Wildman–Crippen MR) is 123 cm³/mol. The van der Waals surface area contributed by atoms with Crippen LogP contribution in [0.25, 0.3) is 0 Å². The maximum absolute atomic E-state index is 14.3. The Hall–Kier alpha value is -2.28. The second-order valence-corrected chi connectivity index (χ2v) is 9.40. The normalized spacial score (nSPS) is 13.3. The number of aryl methyl sites for hydroxylation is 1. The number of anilines is 1. The van der Waals surface area contributed by atoms with Crippen molar-refractivity contribution in [3.63, 3.8) is 0 Å². The number of halogens is 8. The standard InChI is InChI=1S/C22H20BrF7N2O2S/c1-11-9-13(20(24,21(25,26)27)22(28,29)30)7-8-16(11)32-18(33)14-5-4-6-15(23)17(14)19(34)31-12(2)10-35-3/h4-9,12H,10H2,1-3H3,(H,31,34)(H,32,33). The fourth-order valence-corrected chi connectivity index (χ4v) is 4.36. The molecule has 0 aromatic heterocycles. The van der Waals surface area contributed by atoms with E-state index in [1.807, 2.05) is 6.26 Å². The van der Waals surface area contributed by atoms with Crippen molar-refractivity contribution in [2.45, 2.75) is 37.9 Å². The van der Waals surface area contributed by atoms with Gasteiger partial charge in [0.1, 0.15) is 0 Å². The summed E-state index contributed by atoms with van der Waals surface area (Å²) in [6, 6.07) is 5.53. The van der Waals surface area contributed by atoms with Gasteiger partial charge in [0.05, 0.1) is 11.1 Å². The number of alkyl halides is 7. The van der Waals surface area contributed by atoms with E-state index < -0.39 is 35.4 Å². The Morgan fingerprint density at radius 3 is 2.11 bits per heavy atom. The van der Waals surface area contributed by atoms with Crippen LogP contribution in [0.2, 0.25) is 0 Å². The van der Waals surface area contributed by atoms with Crippen molar-refractivity contribution in [3.8, 4) is 0 Å². The number of thioether (sulfide) groups is 1. The highest BCUT2D eigenvalue weighted by atomic mass is 79.9. The summed E-state index contributed by atoms with van der Waals surface area (Å²) in [5, 5.41) is 5.09. The third-order valence-electron chi connectivity index (χ3n) is 4.93. The topological polar surface area (TPSA) is 58.2 Å². The molecule has 4 nitrogen and oxygen atoms in total. The maximum Gasteiger partial charge on any atom is 0.435 e. The number of carbonyl (C=O) groups is 2. The van der Waals surface area contributed by atoms with E-state index in [9.17, 15) is 40.3 Å². The molecule has 0 aliphatic heterocycles. The summed E-state index contributed by atoms with van der Waals surface area (Å²) in [5.41, 5.74) is -7.77. The maximum atomic E-state index is 14.3. The van der Waals surface area contributed by atoms with Gasteiger partial charge in [0.25, 0.3) is 11.8 Å². The van der Waals surface area contributed by atoms with Gasteiger partial charge in [-0.25, -0.2) is 4.39 Å². The molecule has 0 radical (unpaired) electrons. The molecule has 192 valence electrons. The first-order valence-corrected chi connectivity index (χ1v) is 12.1. The van der Waals surface area contributed by atoms with Gasteiger partial charge in [-0.1, -0.05) is 18.2 Å². The van der Waals surface area contributed by atoms with Crippen molar-refractivity contribution in [2.75, 3.05) is 17.3 Å². The summed E-state index contributed by atoms with van der Waals surface area (Å²) >= 11 is 4.71. The molecule has 0 aliphatic rings. The van der Waals surface area contributed by atoms with Crippen molar-refractivity contribution < 1.29 is 40.3 Å². The first-order valence-electron chi connectivity index (χ1n) is 9.87. The Kier molecular flexibility index (Phi) is 8.91. The van der Waals surface area contributed by atoms with Gasteiger partial charge >= 0.3 is 18.0 Å². The van der Waals surface area contributed by atoms with Gasteiger partial charge < -0.3 is 10.6 Å². The molecule has 2 N–H and O–H groups in total. The second kappa shape index (κ2) is 10.8. The summed E-state index contributed by atoms with van der Waals surface area (Å²) in [7, 11) is 0. The van der Waals surface area contributed by atoms with Crippen LogP contribution >= 0.6 is 27.7 Å².